The first-order valence-electron chi connectivity index (χ1n) is 10.5. The Morgan fingerprint density at radius 3 is 2.65 bits per heavy atom. The number of aromatic nitrogens is 3. The summed E-state index contributed by atoms with van der Waals surface area (Å²) in [6.07, 6.45) is 0.496. The van der Waals surface area contributed by atoms with E-state index in [2.05, 4.69) is 20.7 Å². The van der Waals surface area contributed by atoms with Gasteiger partial charge in [-0.25, -0.2) is 0 Å². The number of nitrogens with one attached hydrogen (secondary N) is 2. The standard InChI is InChI=1S/C23H19ClN6O3S/c24-13-2-4-14(5-3-13)26-20(31)10-18-21(22(25)32)15-7-8-30(11-19(15)34-18)23(33)12-1-6-16-17(9-12)28-29-27-16/h1-6,9H,7-8,10-11H2,(H2,25,32)(H,26,31)(H,27,28,29). The maximum Gasteiger partial charge on any atom is 0.254 e. The summed E-state index contributed by atoms with van der Waals surface area (Å²) >= 11 is 7.24. The molecule has 0 radical (unpaired) electrons. The number of rotatable bonds is 5. The van der Waals surface area contributed by atoms with Gasteiger partial charge in [0.1, 0.15) is 11.0 Å². The molecule has 4 aromatic rings. The highest BCUT2D eigenvalue weighted by Crippen LogP contribution is 2.34. The minimum Gasteiger partial charge on any atom is -0.366 e. The van der Waals surface area contributed by atoms with Crippen molar-refractivity contribution in [2.75, 3.05) is 11.9 Å². The van der Waals surface area contributed by atoms with E-state index in [-0.39, 0.29) is 18.2 Å². The summed E-state index contributed by atoms with van der Waals surface area (Å²) in [6.45, 7) is 0.783. The van der Waals surface area contributed by atoms with Crippen LogP contribution in [-0.2, 0) is 24.2 Å². The topological polar surface area (TPSA) is 134 Å². The van der Waals surface area contributed by atoms with E-state index in [1.165, 1.54) is 11.3 Å². The van der Waals surface area contributed by atoms with E-state index in [0.717, 1.165) is 10.4 Å². The number of anilines is 1. The van der Waals surface area contributed by atoms with Crippen LogP contribution in [0.4, 0.5) is 5.69 Å². The normalized spacial score (nSPS) is 13.0. The van der Waals surface area contributed by atoms with Gasteiger partial charge in [-0.3, -0.25) is 14.4 Å². The predicted molar refractivity (Wildman–Crippen MR) is 129 cm³/mol. The lowest BCUT2D eigenvalue weighted by molar-refractivity contribution is -0.115. The summed E-state index contributed by atoms with van der Waals surface area (Å²) in [5.74, 6) is -0.966. The summed E-state index contributed by atoms with van der Waals surface area (Å²) in [5.41, 5.74) is 9.31. The van der Waals surface area contributed by atoms with Gasteiger partial charge >= 0.3 is 0 Å². The van der Waals surface area contributed by atoms with Crippen LogP contribution in [0.5, 0.6) is 0 Å². The smallest absolute Gasteiger partial charge is 0.254 e. The number of H-pyrrole nitrogens is 1. The molecule has 0 spiro atoms. The van der Waals surface area contributed by atoms with Crippen molar-refractivity contribution in [2.24, 2.45) is 5.73 Å². The number of primary amides is 1. The van der Waals surface area contributed by atoms with Gasteiger partial charge in [-0.1, -0.05) is 11.6 Å². The molecule has 5 rings (SSSR count). The fraction of sp³-hybridized carbons (Fsp3) is 0.174. The molecule has 0 fully saturated rings. The molecule has 9 nitrogen and oxygen atoms in total. The molecule has 0 bridgehead atoms. The van der Waals surface area contributed by atoms with Crippen LogP contribution in [0.2, 0.25) is 5.02 Å². The summed E-state index contributed by atoms with van der Waals surface area (Å²) in [7, 11) is 0. The average molecular weight is 495 g/mol. The highest BCUT2D eigenvalue weighted by molar-refractivity contribution is 7.12. The molecule has 1 aliphatic heterocycles. The molecule has 0 saturated heterocycles. The van der Waals surface area contributed by atoms with Gasteiger partial charge in [0.05, 0.1) is 18.5 Å². The first-order chi connectivity index (χ1) is 16.4. The molecule has 34 heavy (non-hydrogen) atoms. The Kier molecular flexibility index (Phi) is 5.76. The number of carbonyl (C=O) groups excluding carboxylic acids is 3. The van der Waals surface area contributed by atoms with Crippen molar-refractivity contribution in [3.63, 3.8) is 0 Å². The third-order valence-corrected chi connectivity index (χ3v) is 7.14. The molecule has 0 atom stereocenters. The number of hydrogen-bond donors (Lipinski definition) is 3. The van der Waals surface area contributed by atoms with E-state index in [1.54, 1.807) is 47.4 Å². The molecule has 2 aromatic carbocycles. The number of hydrogen-bond acceptors (Lipinski definition) is 6. The van der Waals surface area contributed by atoms with Crippen LogP contribution in [0, 0.1) is 0 Å². The number of nitrogens with zero attached hydrogens (tertiary/aromatic N) is 3. The summed E-state index contributed by atoms with van der Waals surface area (Å²) < 4.78 is 0. The fourth-order valence-corrected chi connectivity index (χ4v) is 5.58. The maximum absolute atomic E-state index is 13.1. The number of carbonyl (C=O) groups is 3. The molecule has 3 heterocycles. The Bertz CT molecular complexity index is 1430. The predicted octanol–water partition coefficient (Wildman–Crippen LogP) is 3.15. The van der Waals surface area contributed by atoms with Gasteiger partial charge in [-0.05, 0) is 54.4 Å². The minimum atomic E-state index is -0.567. The zero-order chi connectivity index (χ0) is 23.8. The Morgan fingerprint density at radius 1 is 1.12 bits per heavy atom. The van der Waals surface area contributed by atoms with Crippen LogP contribution in [0.3, 0.4) is 0 Å². The largest absolute Gasteiger partial charge is 0.366 e. The third kappa shape index (κ3) is 4.25. The fourth-order valence-electron chi connectivity index (χ4n) is 4.08. The monoisotopic (exact) mass is 494 g/mol. The molecule has 2 aromatic heterocycles. The number of nitrogens with two attached hydrogens (primary N) is 1. The van der Waals surface area contributed by atoms with E-state index in [9.17, 15) is 14.4 Å². The highest BCUT2D eigenvalue weighted by atomic mass is 35.5. The van der Waals surface area contributed by atoms with Crippen LogP contribution in [0.15, 0.2) is 42.5 Å². The number of halogens is 1. The Hall–Kier alpha value is -3.76. The van der Waals surface area contributed by atoms with Crippen molar-refractivity contribution in [1.29, 1.82) is 0 Å². The lowest BCUT2D eigenvalue weighted by Gasteiger charge is -2.27. The lowest BCUT2D eigenvalue weighted by Crippen LogP contribution is -2.36. The highest BCUT2D eigenvalue weighted by Gasteiger charge is 2.30. The zero-order valence-corrected chi connectivity index (χ0v) is 19.4. The molecule has 0 unspecified atom stereocenters. The van der Waals surface area contributed by atoms with E-state index in [1.807, 2.05) is 0 Å². The van der Waals surface area contributed by atoms with Crippen LogP contribution >= 0.6 is 22.9 Å². The van der Waals surface area contributed by atoms with E-state index in [0.29, 0.717) is 57.3 Å². The summed E-state index contributed by atoms with van der Waals surface area (Å²) in [5, 5.41) is 14.0. The zero-order valence-electron chi connectivity index (χ0n) is 17.8. The first kappa shape index (κ1) is 22.1. The van der Waals surface area contributed by atoms with Gasteiger partial charge in [0.2, 0.25) is 11.8 Å². The quantitative estimate of drug-likeness (QED) is 0.392. The van der Waals surface area contributed by atoms with E-state index < -0.39 is 5.91 Å². The molecule has 11 heteroatoms. The maximum atomic E-state index is 13.1. The van der Waals surface area contributed by atoms with Gasteiger partial charge in [0, 0.05) is 32.6 Å². The van der Waals surface area contributed by atoms with Gasteiger partial charge < -0.3 is 16.0 Å². The van der Waals surface area contributed by atoms with Crippen LogP contribution in [-0.4, -0.2) is 44.6 Å². The number of thiophene rings is 1. The molecule has 0 aliphatic carbocycles. The number of benzene rings is 2. The molecular formula is C23H19ClN6O3S. The van der Waals surface area contributed by atoms with Crippen LogP contribution < -0.4 is 11.1 Å². The van der Waals surface area contributed by atoms with Crippen molar-refractivity contribution in [3.8, 4) is 0 Å². The molecule has 1 aliphatic rings. The van der Waals surface area contributed by atoms with E-state index >= 15 is 0 Å². The number of aromatic amines is 1. The second-order valence-corrected chi connectivity index (χ2v) is 9.53. The summed E-state index contributed by atoms with van der Waals surface area (Å²) in [4.78, 5) is 41.2. The van der Waals surface area contributed by atoms with Crippen molar-refractivity contribution in [3.05, 3.63) is 73.9 Å². The molecular weight excluding hydrogens is 476 g/mol. The molecule has 3 amide bonds. The first-order valence-corrected chi connectivity index (χ1v) is 11.7. The van der Waals surface area contributed by atoms with Crippen LogP contribution in [0.25, 0.3) is 11.0 Å². The number of fused-ring (bicyclic) bond motifs is 2. The van der Waals surface area contributed by atoms with E-state index in [4.69, 9.17) is 17.3 Å². The van der Waals surface area contributed by atoms with Crippen molar-refractivity contribution >= 4 is 57.4 Å². The van der Waals surface area contributed by atoms with Crippen molar-refractivity contribution in [2.45, 2.75) is 19.4 Å². The lowest BCUT2D eigenvalue weighted by atomic mass is 9.99. The molecule has 172 valence electrons. The minimum absolute atomic E-state index is 0.00926. The Labute approximate surface area is 202 Å². The Balaban J connectivity index is 1.35. The number of amides is 3. The van der Waals surface area contributed by atoms with Gasteiger partial charge in [-0.15, -0.1) is 11.3 Å². The third-order valence-electron chi connectivity index (χ3n) is 5.68. The van der Waals surface area contributed by atoms with Crippen molar-refractivity contribution < 1.29 is 14.4 Å². The van der Waals surface area contributed by atoms with Crippen molar-refractivity contribution in [1.82, 2.24) is 20.3 Å². The second-order valence-electron chi connectivity index (χ2n) is 7.90. The van der Waals surface area contributed by atoms with Gasteiger partial charge in [0.15, 0.2) is 0 Å². The SMILES string of the molecule is NC(=O)c1c(CC(=O)Nc2ccc(Cl)cc2)sc2c1CCN(C(=O)c1ccc3n[nH]nc3c1)C2. The van der Waals surface area contributed by atoms with Gasteiger partial charge in [-0.2, -0.15) is 15.4 Å². The molecule has 0 saturated carbocycles. The average Bonchev–Trinajstić information content (AvgIpc) is 3.43. The van der Waals surface area contributed by atoms with Crippen LogP contribution in [0.1, 0.15) is 36.0 Å². The second kappa shape index (κ2) is 8.88. The molecule has 4 N–H and O–H groups in total. The van der Waals surface area contributed by atoms with Gasteiger partial charge in [0.25, 0.3) is 5.91 Å². The summed E-state index contributed by atoms with van der Waals surface area (Å²) in [6, 6.07) is 11.9. The Morgan fingerprint density at radius 2 is 1.88 bits per heavy atom.